The van der Waals surface area contributed by atoms with Gasteiger partial charge in [0.15, 0.2) is 5.82 Å². The van der Waals surface area contributed by atoms with E-state index in [2.05, 4.69) is 20.6 Å². The highest BCUT2D eigenvalue weighted by molar-refractivity contribution is 5.92. The number of hydrogen-bond acceptors (Lipinski definition) is 5. The molecule has 4 aromatic rings. The number of hydrazone groups is 1. The lowest BCUT2D eigenvalue weighted by Crippen LogP contribution is -2.19. The Hall–Kier alpha value is -4.26. The largest absolute Gasteiger partial charge is 0.507 e. The van der Waals surface area contributed by atoms with Gasteiger partial charge in [-0.1, -0.05) is 54.6 Å². The Bertz CT molecular complexity index is 1140. The van der Waals surface area contributed by atoms with E-state index < -0.39 is 5.91 Å². The maximum atomic E-state index is 12.6. The van der Waals surface area contributed by atoms with E-state index in [1.165, 1.54) is 6.21 Å². The molecule has 0 atom stereocenters. The van der Waals surface area contributed by atoms with Crippen LogP contribution in [-0.2, 0) is 0 Å². The Morgan fingerprint density at radius 3 is 2.43 bits per heavy atom. The van der Waals surface area contributed by atoms with Gasteiger partial charge in [0.25, 0.3) is 0 Å². The van der Waals surface area contributed by atoms with Crippen LogP contribution in [0.4, 0.5) is 0 Å². The molecule has 2 N–H and O–H groups in total. The van der Waals surface area contributed by atoms with Crippen LogP contribution in [0.5, 0.6) is 5.75 Å². The standard InChI is InChI=1S/C23H19N5O2/c1-16-12-13-18(20(29)14-16)15-24-26-23(30)21-25-22(17-8-4-2-5-9-17)28(27-21)19-10-6-3-7-11-19/h2-15,29H,1H3,(H,26,30)/b24-15+. The van der Waals surface area contributed by atoms with Crippen LogP contribution in [0.25, 0.3) is 17.1 Å². The quantitative estimate of drug-likeness (QED) is 0.397. The summed E-state index contributed by atoms with van der Waals surface area (Å²) in [6.45, 7) is 1.88. The van der Waals surface area contributed by atoms with E-state index in [9.17, 15) is 9.90 Å². The second kappa shape index (κ2) is 8.40. The molecule has 1 aromatic heterocycles. The Morgan fingerprint density at radius 2 is 1.73 bits per heavy atom. The summed E-state index contributed by atoms with van der Waals surface area (Å²) in [6.07, 6.45) is 1.37. The average Bonchev–Trinajstić information content (AvgIpc) is 3.22. The molecule has 4 rings (SSSR count). The fourth-order valence-corrected chi connectivity index (χ4v) is 2.90. The Kier molecular flexibility index (Phi) is 5.34. The summed E-state index contributed by atoms with van der Waals surface area (Å²) in [5, 5.41) is 18.2. The second-order valence-corrected chi connectivity index (χ2v) is 6.63. The van der Waals surface area contributed by atoms with Gasteiger partial charge in [-0.05, 0) is 36.8 Å². The van der Waals surface area contributed by atoms with E-state index in [4.69, 9.17) is 0 Å². The molecule has 0 fully saturated rings. The maximum Gasteiger partial charge on any atom is 0.311 e. The maximum absolute atomic E-state index is 12.6. The van der Waals surface area contributed by atoms with Crippen LogP contribution >= 0.6 is 0 Å². The summed E-state index contributed by atoms with van der Waals surface area (Å²) >= 11 is 0. The average molecular weight is 397 g/mol. The van der Waals surface area contributed by atoms with E-state index in [0.717, 1.165) is 16.8 Å². The molecule has 0 bridgehead atoms. The van der Waals surface area contributed by atoms with Gasteiger partial charge in [0.1, 0.15) is 5.75 Å². The molecule has 1 heterocycles. The van der Waals surface area contributed by atoms with Crippen molar-refractivity contribution in [2.24, 2.45) is 5.10 Å². The molecule has 3 aromatic carbocycles. The topological polar surface area (TPSA) is 92.4 Å². The molecule has 1 amide bonds. The van der Waals surface area contributed by atoms with Gasteiger partial charge in [-0.25, -0.2) is 15.1 Å². The number of nitrogens with one attached hydrogen (secondary N) is 1. The molecule has 0 spiro atoms. The molecule has 0 aliphatic heterocycles. The third kappa shape index (κ3) is 4.10. The van der Waals surface area contributed by atoms with Crippen LogP contribution in [0.15, 0.2) is 84.0 Å². The van der Waals surface area contributed by atoms with Gasteiger partial charge in [0, 0.05) is 11.1 Å². The van der Waals surface area contributed by atoms with Crippen LogP contribution in [0.1, 0.15) is 21.7 Å². The molecule has 0 aliphatic rings. The lowest BCUT2D eigenvalue weighted by atomic mass is 10.1. The van der Waals surface area contributed by atoms with Crippen molar-refractivity contribution in [3.63, 3.8) is 0 Å². The first-order valence-electron chi connectivity index (χ1n) is 9.33. The number of rotatable bonds is 5. The minimum absolute atomic E-state index is 0.0111. The number of aromatic hydroxyl groups is 1. The van der Waals surface area contributed by atoms with E-state index in [-0.39, 0.29) is 11.6 Å². The second-order valence-electron chi connectivity index (χ2n) is 6.63. The Balaban J connectivity index is 1.61. The molecule has 7 nitrogen and oxygen atoms in total. The first-order valence-corrected chi connectivity index (χ1v) is 9.33. The molecule has 7 heteroatoms. The van der Waals surface area contributed by atoms with Crippen molar-refractivity contribution < 1.29 is 9.90 Å². The van der Waals surface area contributed by atoms with Gasteiger partial charge in [-0.2, -0.15) is 5.10 Å². The van der Waals surface area contributed by atoms with Crippen molar-refractivity contribution in [2.75, 3.05) is 0 Å². The molecule has 0 saturated heterocycles. The number of nitrogens with zero attached hydrogens (tertiary/aromatic N) is 4. The number of aromatic nitrogens is 3. The highest BCUT2D eigenvalue weighted by Crippen LogP contribution is 2.21. The lowest BCUT2D eigenvalue weighted by molar-refractivity contribution is 0.0945. The van der Waals surface area contributed by atoms with E-state index in [1.807, 2.05) is 73.7 Å². The third-order valence-corrected chi connectivity index (χ3v) is 4.40. The predicted molar refractivity (Wildman–Crippen MR) is 115 cm³/mol. The van der Waals surface area contributed by atoms with Gasteiger partial charge < -0.3 is 5.11 Å². The highest BCUT2D eigenvalue weighted by atomic mass is 16.3. The van der Waals surface area contributed by atoms with Crippen LogP contribution in [0, 0.1) is 6.92 Å². The third-order valence-electron chi connectivity index (χ3n) is 4.40. The number of aryl methyl sites for hydroxylation is 1. The normalized spacial score (nSPS) is 11.0. The summed E-state index contributed by atoms with van der Waals surface area (Å²) in [5.74, 6) is 0.0747. The summed E-state index contributed by atoms with van der Waals surface area (Å²) in [5.41, 5.74) is 5.46. The number of carbonyl (C=O) groups excluding carboxylic acids is 1. The monoisotopic (exact) mass is 397 g/mol. The van der Waals surface area contributed by atoms with Crippen molar-refractivity contribution in [2.45, 2.75) is 6.92 Å². The number of hydrogen-bond donors (Lipinski definition) is 2. The lowest BCUT2D eigenvalue weighted by Gasteiger charge is -2.05. The minimum atomic E-state index is -0.551. The van der Waals surface area contributed by atoms with Crippen molar-refractivity contribution in [3.05, 3.63) is 95.8 Å². The SMILES string of the molecule is Cc1ccc(/C=N/NC(=O)c2nc(-c3ccccc3)n(-c3ccccc3)n2)c(O)c1. The first-order chi connectivity index (χ1) is 14.6. The number of phenolic OH excluding ortho intramolecular Hbond substituents is 1. The van der Waals surface area contributed by atoms with Crippen LogP contribution in [0.3, 0.4) is 0 Å². The molecular formula is C23H19N5O2. The zero-order chi connectivity index (χ0) is 20.9. The molecular weight excluding hydrogens is 378 g/mol. The number of amides is 1. The Morgan fingerprint density at radius 1 is 1.03 bits per heavy atom. The minimum Gasteiger partial charge on any atom is -0.507 e. The fraction of sp³-hybridized carbons (Fsp3) is 0.0435. The zero-order valence-corrected chi connectivity index (χ0v) is 16.2. The van der Waals surface area contributed by atoms with Crippen molar-refractivity contribution in [1.29, 1.82) is 0 Å². The fourth-order valence-electron chi connectivity index (χ4n) is 2.90. The predicted octanol–water partition coefficient (Wildman–Crippen LogP) is 3.71. The molecule has 0 saturated carbocycles. The molecule has 148 valence electrons. The molecule has 0 unspecified atom stereocenters. The number of carbonyl (C=O) groups is 1. The number of benzene rings is 3. The molecule has 30 heavy (non-hydrogen) atoms. The summed E-state index contributed by atoms with van der Waals surface area (Å²) in [7, 11) is 0. The molecule has 0 radical (unpaired) electrons. The summed E-state index contributed by atoms with van der Waals surface area (Å²) in [6, 6.07) is 24.2. The number of phenols is 1. The van der Waals surface area contributed by atoms with Gasteiger partial charge in [-0.15, -0.1) is 5.10 Å². The van der Waals surface area contributed by atoms with E-state index in [0.29, 0.717) is 11.4 Å². The highest BCUT2D eigenvalue weighted by Gasteiger charge is 2.18. The van der Waals surface area contributed by atoms with Crippen molar-refractivity contribution in [1.82, 2.24) is 20.2 Å². The van der Waals surface area contributed by atoms with Crippen LogP contribution < -0.4 is 5.43 Å². The Labute approximate surface area is 173 Å². The van der Waals surface area contributed by atoms with Crippen molar-refractivity contribution in [3.8, 4) is 22.8 Å². The van der Waals surface area contributed by atoms with Gasteiger partial charge in [-0.3, -0.25) is 4.79 Å². The van der Waals surface area contributed by atoms with Crippen LogP contribution in [-0.4, -0.2) is 32.0 Å². The van der Waals surface area contributed by atoms with Gasteiger partial charge >= 0.3 is 5.91 Å². The first kappa shape index (κ1) is 19.1. The van der Waals surface area contributed by atoms with Gasteiger partial charge in [0.2, 0.25) is 5.82 Å². The van der Waals surface area contributed by atoms with Crippen LogP contribution in [0.2, 0.25) is 0 Å². The van der Waals surface area contributed by atoms with E-state index >= 15 is 0 Å². The van der Waals surface area contributed by atoms with Crippen molar-refractivity contribution >= 4 is 12.1 Å². The molecule has 0 aliphatic carbocycles. The van der Waals surface area contributed by atoms with Gasteiger partial charge in [0.05, 0.1) is 11.9 Å². The smallest absolute Gasteiger partial charge is 0.311 e. The number of para-hydroxylation sites is 1. The summed E-state index contributed by atoms with van der Waals surface area (Å²) < 4.78 is 1.62. The zero-order valence-electron chi connectivity index (χ0n) is 16.2. The van der Waals surface area contributed by atoms with E-state index in [1.54, 1.807) is 16.8 Å². The summed E-state index contributed by atoms with van der Waals surface area (Å²) in [4.78, 5) is 17.0.